The summed E-state index contributed by atoms with van der Waals surface area (Å²) >= 11 is 0. The fraction of sp³-hybridized carbons (Fsp3) is 0.500. The minimum absolute atomic E-state index is 0.137. The van der Waals surface area contributed by atoms with Gasteiger partial charge in [-0.1, -0.05) is 0 Å². The highest BCUT2D eigenvalue weighted by Gasteiger charge is 2.42. The molecule has 1 aliphatic carbocycles. The standard InChI is InChI=1S/C14H18O4/c1-17-11-5-6-13(18-2)10(7-11)4-3-9-8-12(9)14(15)16/h5-7,9,12H,3-4,8H2,1-2H3,(H,15,16). The molecule has 0 amide bonds. The molecule has 2 rings (SSSR count). The van der Waals surface area contributed by atoms with Gasteiger partial charge < -0.3 is 14.6 Å². The average molecular weight is 250 g/mol. The summed E-state index contributed by atoms with van der Waals surface area (Å²) < 4.78 is 10.5. The summed E-state index contributed by atoms with van der Waals surface area (Å²) in [5.41, 5.74) is 1.08. The van der Waals surface area contributed by atoms with Crippen LogP contribution in [-0.4, -0.2) is 25.3 Å². The van der Waals surface area contributed by atoms with Crippen LogP contribution < -0.4 is 9.47 Å². The molecule has 1 aromatic carbocycles. The Morgan fingerprint density at radius 3 is 2.72 bits per heavy atom. The first-order chi connectivity index (χ1) is 8.65. The monoisotopic (exact) mass is 250 g/mol. The molecule has 0 aromatic heterocycles. The number of aliphatic carboxylic acids is 1. The lowest BCUT2D eigenvalue weighted by molar-refractivity contribution is -0.138. The minimum atomic E-state index is -0.669. The molecule has 1 fully saturated rings. The summed E-state index contributed by atoms with van der Waals surface area (Å²) in [6, 6.07) is 5.70. The van der Waals surface area contributed by atoms with Crippen LogP contribution in [0.25, 0.3) is 0 Å². The Kier molecular flexibility index (Phi) is 3.75. The molecular weight excluding hydrogens is 232 g/mol. The zero-order valence-corrected chi connectivity index (χ0v) is 10.7. The molecule has 0 spiro atoms. The van der Waals surface area contributed by atoms with Gasteiger partial charge in [-0.05, 0) is 48.9 Å². The van der Waals surface area contributed by atoms with Crippen LogP contribution in [0.1, 0.15) is 18.4 Å². The van der Waals surface area contributed by atoms with E-state index in [0.717, 1.165) is 36.3 Å². The van der Waals surface area contributed by atoms with Gasteiger partial charge in [0.1, 0.15) is 11.5 Å². The van der Waals surface area contributed by atoms with Gasteiger partial charge >= 0.3 is 5.97 Å². The van der Waals surface area contributed by atoms with Crippen molar-refractivity contribution in [3.05, 3.63) is 23.8 Å². The maximum absolute atomic E-state index is 10.8. The van der Waals surface area contributed by atoms with Crippen LogP contribution in [0.15, 0.2) is 18.2 Å². The van der Waals surface area contributed by atoms with Gasteiger partial charge in [0.2, 0.25) is 0 Å². The lowest BCUT2D eigenvalue weighted by Gasteiger charge is -2.10. The van der Waals surface area contributed by atoms with Crippen molar-refractivity contribution in [2.75, 3.05) is 14.2 Å². The Morgan fingerprint density at radius 1 is 1.39 bits per heavy atom. The maximum Gasteiger partial charge on any atom is 0.306 e. The molecule has 1 N–H and O–H groups in total. The van der Waals surface area contributed by atoms with Gasteiger partial charge in [0.15, 0.2) is 0 Å². The Morgan fingerprint density at radius 2 is 2.17 bits per heavy atom. The highest BCUT2D eigenvalue weighted by molar-refractivity contribution is 5.73. The Labute approximate surface area is 107 Å². The number of aryl methyl sites for hydroxylation is 1. The van der Waals surface area contributed by atoms with Crippen LogP contribution in [0.4, 0.5) is 0 Å². The molecule has 18 heavy (non-hydrogen) atoms. The Hall–Kier alpha value is -1.71. The molecule has 4 nitrogen and oxygen atoms in total. The van der Waals surface area contributed by atoms with Gasteiger partial charge in [-0.3, -0.25) is 4.79 Å². The quantitative estimate of drug-likeness (QED) is 0.842. The van der Waals surface area contributed by atoms with E-state index in [4.69, 9.17) is 14.6 Å². The second kappa shape index (κ2) is 5.29. The number of carboxylic acid groups (broad SMARTS) is 1. The van der Waals surface area contributed by atoms with E-state index in [-0.39, 0.29) is 5.92 Å². The summed E-state index contributed by atoms with van der Waals surface area (Å²) in [6.45, 7) is 0. The smallest absolute Gasteiger partial charge is 0.306 e. The van der Waals surface area contributed by atoms with E-state index in [1.807, 2.05) is 18.2 Å². The van der Waals surface area contributed by atoms with Gasteiger partial charge in [0.25, 0.3) is 0 Å². The normalized spacial score (nSPS) is 21.4. The molecular formula is C14H18O4. The molecule has 98 valence electrons. The van der Waals surface area contributed by atoms with Crippen molar-refractivity contribution in [1.82, 2.24) is 0 Å². The summed E-state index contributed by atoms with van der Waals surface area (Å²) in [6.07, 6.45) is 2.52. The SMILES string of the molecule is COc1ccc(OC)c(CCC2CC2C(=O)O)c1. The van der Waals surface area contributed by atoms with Crippen LogP contribution in [0.3, 0.4) is 0 Å². The third-order valence-electron chi connectivity index (χ3n) is 3.51. The third-order valence-corrected chi connectivity index (χ3v) is 3.51. The first kappa shape index (κ1) is 12.7. The second-order valence-corrected chi connectivity index (χ2v) is 4.66. The molecule has 1 saturated carbocycles. The topological polar surface area (TPSA) is 55.8 Å². The van der Waals surface area contributed by atoms with Crippen molar-refractivity contribution in [3.8, 4) is 11.5 Å². The maximum atomic E-state index is 10.8. The molecule has 2 unspecified atom stereocenters. The van der Waals surface area contributed by atoms with E-state index in [0.29, 0.717) is 5.92 Å². The summed E-state index contributed by atoms with van der Waals surface area (Å²) in [5.74, 6) is 1.15. The van der Waals surface area contributed by atoms with E-state index in [2.05, 4.69) is 0 Å². The minimum Gasteiger partial charge on any atom is -0.497 e. The molecule has 1 aromatic rings. The number of benzene rings is 1. The molecule has 2 atom stereocenters. The number of hydrogen-bond donors (Lipinski definition) is 1. The van der Waals surface area contributed by atoms with Gasteiger partial charge in [-0.2, -0.15) is 0 Å². The first-order valence-corrected chi connectivity index (χ1v) is 6.09. The predicted molar refractivity (Wildman–Crippen MR) is 67.1 cm³/mol. The number of hydrogen-bond acceptors (Lipinski definition) is 3. The number of carboxylic acids is 1. The van der Waals surface area contributed by atoms with E-state index < -0.39 is 5.97 Å². The average Bonchev–Trinajstić information content (AvgIpc) is 3.15. The molecule has 0 heterocycles. The summed E-state index contributed by atoms with van der Waals surface area (Å²) in [5, 5.41) is 8.86. The second-order valence-electron chi connectivity index (χ2n) is 4.66. The van der Waals surface area contributed by atoms with Crippen molar-refractivity contribution < 1.29 is 19.4 Å². The van der Waals surface area contributed by atoms with E-state index >= 15 is 0 Å². The van der Waals surface area contributed by atoms with Crippen LogP contribution in [0.2, 0.25) is 0 Å². The lowest BCUT2D eigenvalue weighted by atomic mass is 10.0. The van der Waals surface area contributed by atoms with Crippen LogP contribution >= 0.6 is 0 Å². The van der Waals surface area contributed by atoms with E-state index in [1.54, 1.807) is 14.2 Å². The summed E-state index contributed by atoms with van der Waals surface area (Å²) in [7, 11) is 3.27. The first-order valence-electron chi connectivity index (χ1n) is 6.09. The fourth-order valence-electron chi connectivity index (χ4n) is 2.29. The van der Waals surface area contributed by atoms with Gasteiger partial charge in [-0.15, -0.1) is 0 Å². The van der Waals surface area contributed by atoms with E-state index in [9.17, 15) is 4.79 Å². The van der Waals surface area contributed by atoms with Crippen molar-refractivity contribution >= 4 is 5.97 Å². The third kappa shape index (κ3) is 2.75. The molecule has 0 bridgehead atoms. The van der Waals surface area contributed by atoms with Gasteiger partial charge in [0, 0.05) is 0 Å². The van der Waals surface area contributed by atoms with Crippen LogP contribution in [0, 0.1) is 11.8 Å². The summed E-state index contributed by atoms with van der Waals surface area (Å²) in [4.78, 5) is 10.8. The van der Waals surface area contributed by atoms with Gasteiger partial charge in [-0.25, -0.2) is 0 Å². The molecule has 0 radical (unpaired) electrons. The van der Waals surface area contributed by atoms with Crippen molar-refractivity contribution in [2.24, 2.45) is 11.8 Å². The Bertz CT molecular complexity index is 441. The largest absolute Gasteiger partial charge is 0.497 e. The highest BCUT2D eigenvalue weighted by atomic mass is 16.5. The fourth-order valence-corrected chi connectivity index (χ4v) is 2.29. The zero-order valence-electron chi connectivity index (χ0n) is 10.7. The van der Waals surface area contributed by atoms with Crippen LogP contribution in [-0.2, 0) is 11.2 Å². The van der Waals surface area contributed by atoms with Gasteiger partial charge in [0.05, 0.1) is 20.1 Å². The van der Waals surface area contributed by atoms with Crippen molar-refractivity contribution in [3.63, 3.8) is 0 Å². The zero-order chi connectivity index (χ0) is 13.1. The number of rotatable bonds is 6. The number of carbonyl (C=O) groups is 1. The molecule has 1 aliphatic rings. The van der Waals surface area contributed by atoms with Crippen molar-refractivity contribution in [1.29, 1.82) is 0 Å². The van der Waals surface area contributed by atoms with Crippen molar-refractivity contribution in [2.45, 2.75) is 19.3 Å². The number of methoxy groups -OCH3 is 2. The molecule has 0 aliphatic heterocycles. The van der Waals surface area contributed by atoms with E-state index in [1.165, 1.54) is 0 Å². The van der Waals surface area contributed by atoms with Crippen LogP contribution in [0.5, 0.6) is 11.5 Å². The molecule has 0 saturated heterocycles. The number of ether oxygens (including phenoxy) is 2. The molecule has 4 heteroatoms. The predicted octanol–water partition coefficient (Wildman–Crippen LogP) is 2.36. The Balaban J connectivity index is 1.98. The lowest BCUT2D eigenvalue weighted by Crippen LogP contribution is -2.01. The highest BCUT2D eigenvalue weighted by Crippen LogP contribution is 2.42.